The van der Waals surface area contributed by atoms with E-state index in [0.717, 1.165) is 42.7 Å². The number of anilines is 1. The Kier molecular flexibility index (Phi) is 6.26. The number of nitrogens with zero attached hydrogens (tertiary/aromatic N) is 1. The monoisotopic (exact) mass is 463 g/mol. The molecule has 2 heterocycles. The van der Waals surface area contributed by atoms with Crippen molar-refractivity contribution in [3.05, 3.63) is 70.2 Å². The summed E-state index contributed by atoms with van der Waals surface area (Å²) in [6.07, 6.45) is 4.42. The Morgan fingerprint density at radius 1 is 1.09 bits per heavy atom. The second-order valence-corrected chi connectivity index (χ2v) is 9.26. The van der Waals surface area contributed by atoms with E-state index in [4.69, 9.17) is 9.47 Å². The van der Waals surface area contributed by atoms with Gasteiger partial charge in [-0.05, 0) is 55.9 Å². The summed E-state index contributed by atoms with van der Waals surface area (Å²) in [6.45, 7) is 0.798. The molecular weight excluding hydrogens is 438 g/mol. The molecule has 5 rings (SSSR count). The normalized spacial score (nSPS) is 16.2. The molecule has 2 amide bonds. The summed E-state index contributed by atoms with van der Waals surface area (Å²) in [5.74, 6) is 0.682. The van der Waals surface area contributed by atoms with Gasteiger partial charge in [-0.15, -0.1) is 11.3 Å². The van der Waals surface area contributed by atoms with Crippen LogP contribution in [-0.2, 0) is 17.6 Å². The second kappa shape index (κ2) is 9.62. The number of benzene rings is 2. The Morgan fingerprint density at radius 3 is 2.82 bits per heavy atom. The number of nitrogens with one attached hydrogen (secondary N) is 2. The number of hydrogen-bond acceptors (Lipinski definition) is 6. The summed E-state index contributed by atoms with van der Waals surface area (Å²) in [5.41, 5.74) is 2.54. The first-order valence-electron chi connectivity index (χ1n) is 11.2. The summed E-state index contributed by atoms with van der Waals surface area (Å²) in [4.78, 5) is 31.3. The number of carbonyl (C=O) groups is 2. The number of carbonyl (C=O) groups excluding carboxylic acids is 2. The van der Waals surface area contributed by atoms with Gasteiger partial charge in [0.2, 0.25) is 12.7 Å². The zero-order valence-electron chi connectivity index (χ0n) is 18.1. The van der Waals surface area contributed by atoms with E-state index in [1.54, 1.807) is 18.2 Å². The van der Waals surface area contributed by atoms with Crippen LogP contribution in [0.2, 0.25) is 0 Å². The van der Waals surface area contributed by atoms with Gasteiger partial charge in [0.1, 0.15) is 0 Å². The van der Waals surface area contributed by atoms with Crippen LogP contribution in [0.1, 0.15) is 51.7 Å². The summed E-state index contributed by atoms with van der Waals surface area (Å²) in [7, 11) is 0. The van der Waals surface area contributed by atoms with Gasteiger partial charge in [-0.2, -0.15) is 0 Å². The molecule has 0 radical (unpaired) electrons. The minimum absolute atomic E-state index is 0.0166. The number of aromatic nitrogens is 1. The zero-order chi connectivity index (χ0) is 22.6. The molecule has 170 valence electrons. The van der Waals surface area contributed by atoms with E-state index in [9.17, 15) is 9.59 Å². The predicted octanol–water partition coefficient (Wildman–Crippen LogP) is 4.29. The van der Waals surface area contributed by atoms with Crippen LogP contribution >= 0.6 is 11.3 Å². The van der Waals surface area contributed by atoms with Crippen LogP contribution in [0.5, 0.6) is 11.5 Å². The standard InChI is InChI=1S/C25H25N3O4S/c29-23(17-11-12-19-20(14-17)32-15-31-19)28-25-27-22-18(9-4-10-21(22)33-25)24(30)26-13-5-8-16-6-2-1-3-7-16/h1-3,6-7,11-12,14,18H,4-5,8-10,13,15H2,(H,26,30)(H,27,28,29)/t18-/m1/s1. The number of amides is 2. The highest BCUT2D eigenvalue weighted by molar-refractivity contribution is 7.16. The molecule has 7 nitrogen and oxygen atoms in total. The maximum atomic E-state index is 12.9. The van der Waals surface area contributed by atoms with Crippen LogP contribution in [0.3, 0.4) is 0 Å². The Labute approximate surface area is 196 Å². The zero-order valence-corrected chi connectivity index (χ0v) is 19.0. The van der Waals surface area contributed by atoms with Crippen molar-refractivity contribution in [1.82, 2.24) is 10.3 Å². The molecule has 1 aliphatic heterocycles. The number of rotatable bonds is 7. The summed E-state index contributed by atoms with van der Waals surface area (Å²) < 4.78 is 10.6. The van der Waals surface area contributed by atoms with E-state index in [2.05, 4.69) is 27.8 Å². The molecule has 33 heavy (non-hydrogen) atoms. The SMILES string of the molecule is O=C(Nc1nc2c(s1)CCC[C@H]2C(=O)NCCCc1ccccc1)c1ccc2c(c1)OCO2. The van der Waals surface area contributed by atoms with E-state index in [0.29, 0.717) is 28.7 Å². The van der Waals surface area contributed by atoms with Crippen molar-refractivity contribution in [2.45, 2.75) is 38.0 Å². The molecular formula is C25H25N3O4S. The molecule has 0 saturated heterocycles. The van der Waals surface area contributed by atoms with Crippen LogP contribution in [0.25, 0.3) is 0 Å². The van der Waals surface area contributed by atoms with Gasteiger partial charge >= 0.3 is 0 Å². The van der Waals surface area contributed by atoms with Crippen LogP contribution in [-0.4, -0.2) is 30.1 Å². The number of fused-ring (bicyclic) bond motifs is 2. The average molecular weight is 464 g/mol. The first-order chi connectivity index (χ1) is 16.2. The van der Waals surface area contributed by atoms with Crippen molar-refractivity contribution in [1.29, 1.82) is 0 Å². The van der Waals surface area contributed by atoms with Crippen molar-refractivity contribution in [3.63, 3.8) is 0 Å². The van der Waals surface area contributed by atoms with Gasteiger partial charge in [0, 0.05) is 17.0 Å². The molecule has 0 saturated carbocycles. The number of hydrogen-bond donors (Lipinski definition) is 2. The third-order valence-corrected chi connectivity index (χ3v) is 6.96. The largest absolute Gasteiger partial charge is 0.454 e. The highest BCUT2D eigenvalue weighted by atomic mass is 32.1. The van der Waals surface area contributed by atoms with E-state index >= 15 is 0 Å². The lowest BCUT2D eigenvalue weighted by molar-refractivity contribution is -0.122. The predicted molar refractivity (Wildman–Crippen MR) is 126 cm³/mol. The van der Waals surface area contributed by atoms with Crippen molar-refractivity contribution in [2.24, 2.45) is 0 Å². The first-order valence-corrected chi connectivity index (χ1v) is 12.0. The lowest BCUT2D eigenvalue weighted by atomic mass is 9.90. The second-order valence-electron chi connectivity index (χ2n) is 8.17. The van der Waals surface area contributed by atoms with Gasteiger partial charge < -0.3 is 14.8 Å². The molecule has 1 aromatic heterocycles. The van der Waals surface area contributed by atoms with Crippen LogP contribution in [0.15, 0.2) is 48.5 Å². The van der Waals surface area contributed by atoms with Crippen LogP contribution in [0.4, 0.5) is 5.13 Å². The molecule has 0 fully saturated rings. The van der Waals surface area contributed by atoms with Gasteiger partial charge in [0.05, 0.1) is 11.6 Å². The Bertz CT molecular complexity index is 1160. The summed E-state index contributed by atoms with van der Waals surface area (Å²) in [6, 6.07) is 15.4. The molecule has 8 heteroatoms. The highest BCUT2D eigenvalue weighted by Gasteiger charge is 2.30. The summed E-state index contributed by atoms with van der Waals surface area (Å²) >= 11 is 1.45. The van der Waals surface area contributed by atoms with E-state index in [1.165, 1.54) is 16.9 Å². The van der Waals surface area contributed by atoms with Crippen molar-refractivity contribution in [2.75, 3.05) is 18.7 Å². The number of ether oxygens (including phenoxy) is 2. The molecule has 2 aliphatic rings. The van der Waals surface area contributed by atoms with Gasteiger partial charge in [0.15, 0.2) is 16.6 Å². The van der Waals surface area contributed by atoms with E-state index < -0.39 is 0 Å². The fraction of sp³-hybridized carbons (Fsp3) is 0.320. The number of thiazole rings is 1. The fourth-order valence-corrected chi connectivity index (χ4v) is 5.27. The molecule has 0 spiro atoms. The maximum absolute atomic E-state index is 12.9. The molecule has 0 unspecified atom stereocenters. The van der Waals surface area contributed by atoms with Gasteiger partial charge in [-0.25, -0.2) is 4.98 Å². The molecule has 1 aliphatic carbocycles. The topological polar surface area (TPSA) is 89.6 Å². The molecule has 2 aromatic carbocycles. The Hall–Kier alpha value is -3.39. The van der Waals surface area contributed by atoms with Gasteiger partial charge in [0.25, 0.3) is 5.91 Å². The smallest absolute Gasteiger partial charge is 0.257 e. The van der Waals surface area contributed by atoms with Crippen LogP contribution in [0, 0.1) is 0 Å². The first kappa shape index (κ1) is 21.5. The number of aryl methyl sites for hydroxylation is 2. The minimum atomic E-state index is -0.266. The molecule has 3 aromatic rings. The average Bonchev–Trinajstić information content (AvgIpc) is 3.48. The maximum Gasteiger partial charge on any atom is 0.257 e. The molecule has 1 atom stereocenters. The van der Waals surface area contributed by atoms with Crippen molar-refractivity contribution in [3.8, 4) is 11.5 Å². The summed E-state index contributed by atoms with van der Waals surface area (Å²) in [5, 5.41) is 6.47. The van der Waals surface area contributed by atoms with Crippen molar-refractivity contribution >= 4 is 28.3 Å². The lowest BCUT2D eigenvalue weighted by Crippen LogP contribution is -2.32. The minimum Gasteiger partial charge on any atom is -0.454 e. The van der Waals surface area contributed by atoms with Gasteiger partial charge in [-0.1, -0.05) is 30.3 Å². The van der Waals surface area contributed by atoms with Gasteiger partial charge in [-0.3, -0.25) is 14.9 Å². The van der Waals surface area contributed by atoms with E-state index in [-0.39, 0.29) is 24.5 Å². The van der Waals surface area contributed by atoms with E-state index in [1.807, 2.05) is 18.2 Å². The van der Waals surface area contributed by atoms with Crippen LogP contribution < -0.4 is 20.1 Å². The highest BCUT2D eigenvalue weighted by Crippen LogP contribution is 2.37. The quantitative estimate of drug-likeness (QED) is 0.510. The third kappa shape index (κ3) is 4.85. The third-order valence-electron chi connectivity index (χ3n) is 5.91. The Balaban J connectivity index is 1.19. The van der Waals surface area contributed by atoms with Crippen molar-refractivity contribution < 1.29 is 19.1 Å². The fourth-order valence-electron chi connectivity index (χ4n) is 4.21. The molecule has 2 N–H and O–H groups in total. The Morgan fingerprint density at radius 2 is 1.94 bits per heavy atom. The lowest BCUT2D eigenvalue weighted by Gasteiger charge is -2.20. The molecule has 0 bridgehead atoms.